The number of halogens is 1. The van der Waals surface area contributed by atoms with Gasteiger partial charge in [-0.3, -0.25) is 9.18 Å². The van der Waals surface area contributed by atoms with E-state index in [0.717, 1.165) is 31.2 Å². The van der Waals surface area contributed by atoms with Gasteiger partial charge in [-0.15, -0.1) is 0 Å². The van der Waals surface area contributed by atoms with Gasteiger partial charge in [0, 0.05) is 26.3 Å². The normalized spacial score (nSPS) is 22.1. The monoisotopic (exact) mass is 319 g/mol. The predicted octanol–water partition coefficient (Wildman–Crippen LogP) is 3.25. The standard InChI is InChI=1S/C19H26FNO2/c1-15-4-2-3-5-17(15)19(8-12-23-13-9-19)18(22)21-10-6-16(14-20)7-11-21/h2-5,16H,6-14H2,1H3. The number of nitrogens with zero attached hydrogens (tertiary/aromatic N) is 1. The first-order valence-corrected chi connectivity index (χ1v) is 8.66. The van der Waals surface area contributed by atoms with Crippen molar-refractivity contribution in [2.24, 2.45) is 5.92 Å². The summed E-state index contributed by atoms with van der Waals surface area (Å²) < 4.78 is 18.4. The van der Waals surface area contributed by atoms with E-state index < -0.39 is 5.41 Å². The van der Waals surface area contributed by atoms with Crippen molar-refractivity contribution in [3.05, 3.63) is 35.4 Å². The van der Waals surface area contributed by atoms with Crippen LogP contribution in [0.3, 0.4) is 0 Å². The van der Waals surface area contributed by atoms with Crippen molar-refractivity contribution in [2.45, 2.75) is 38.0 Å². The van der Waals surface area contributed by atoms with Crippen LogP contribution >= 0.6 is 0 Å². The fourth-order valence-corrected chi connectivity index (χ4v) is 4.02. The van der Waals surface area contributed by atoms with Gasteiger partial charge < -0.3 is 9.64 Å². The van der Waals surface area contributed by atoms with Crippen molar-refractivity contribution < 1.29 is 13.9 Å². The number of carbonyl (C=O) groups is 1. The summed E-state index contributed by atoms with van der Waals surface area (Å²) in [5.74, 6) is 0.343. The van der Waals surface area contributed by atoms with Gasteiger partial charge in [-0.2, -0.15) is 0 Å². The minimum Gasteiger partial charge on any atom is -0.381 e. The first-order chi connectivity index (χ1) is 11.2. The summed E-state index contributed by atoms with van der Waals surface area (Å²) >= 11 is 0. The molecule has 126 valence electrons. The lowest BCUT2D eigenvalue weighted by atomic mass is 9.71. The molecule has 2 heterocycles. The molecule has 3 nitrogen and oxygen atoms in total. The summed E-state index contributed by atoms with van der Waals surface area (Å²) in [4.78, 5) is 15.4. The Morgan fingerprint density at radius 1 is 1.26 bits per heavy atom. The maximum atomic E-state index is 13.4. The molecular weight excluding hydrogens is 293 g/mol. The molecule has 0 saturated carbocycles. The average molecular weight is 319 g/mol. The minimum absolute atomic E-state index is 0.128. The zero-order chi connectivity index (χ0) is 16.3. The molecule has 0 radical (unpaired) electrons. The van der Waals surface area contributed by atoms with Crippen LogP contribution in [0.2, 0.25) is 0 Å². The van der Waals surface area contributed by atoms with Crippen molar-refractivity contribution in [1.29, 1.82) is 0 Å². The van der Waals surface area contributed by atoms with Crippen LogP contribution in [0.25, 0.3) is 0 Å². The van der Waals surface area contributed by atoms with Crippen LogP contribution in [0.15, 0.2) is 24.3 Å². The second-order valence-corrected chi connectivity index (χ2v) is 6.90. The molecule has 0 spiro atoms. The molecule has 1 amide bonds. The van der Waals surface area contributed by atoms with E-state index in [1.807, 2.05) is 17.0 Å². The fraction of sp³-hybridized carbons (Fsp3) is 0.632. The van der Waals surface area contributed by atoms with E-state index in [9.17, 15) is 9.18 Å². The zero-order valence-corrected chi connectivity index (χ0v) is 13.9. The molecule has 2 saturated heterocycles. The minimum atomic E-state index is -0.466. The fourth-order valence-electron chi connectivity index (χ4n) is 4.02. The largest absolute Gasteiger partial charge is 0.381 e. The van der Waals surface area contributed by atoms with Gasteiger partial charge in [0.25, 0.3) is 0 Å². The Bertz CT molecular complexity index is 546. The van der Waals surface area contributed by atoms with Crippen molar-refractivity contribution in [3.8, 4) is 0 Å². The Balaban J connectivity index is 1.87. The molecule has 0 aliphatic carbocycles. The smallest absolute Gasteiger partial charge is 0.233 e. The molecule has 0 atom stereocenters. The highest BCUT2D eigenvalue weighted by Gasteiger charge is 2.45. The molecule has 2 fully saturated rings. The first-order valence-electron chi connectivity index (χ1n) is 8.66. The molecule has 23 heavy (non-hydrogen) atoms. The lowest BCUT2D eigenvalue weighted by Gasteiger charge is -2.42. The van der Waals surface area contributed by atoms with Gasteiger partial charge in [0.2, 0.25) is 5.91 Å². The molecule has 3 rings (SSSR count). The molecular formula is C19H26FNO2. The van der Waals surface area contributed by atoms with Gasteiger partial charge in [-0.05, 0) is 49.7 Å². The molecule has 0 N–H and O–H groups in total. The lowest BCUT2D eigenvalue weighted by molar-refractivity contribution is -0.143. The summed E-state index contributed by atoms with van der Waals surface area (Å²) in [6.45, 7) is 4.43. The maximum Gasteiger partial charge on any atom is 0.233 e. The highest BCUT2D eigenvalue weighted by molar-refractivity contribution is 5.89. The van der Waals surface area contributed by atoms with E-state index in [1.165, 1.54) is 5.56 Å². The molecule has 1 aromatic rings. The molecule has 2 aliphatic rings. The van der Waals surface area contributed by atoms with Crippen LogP contribution in [0, 0.1) is 12.8 Å². The number of benzene rings is 1. The van der Waals surface area contributed by atoms with Gasteiger partial charge >= 0.3 is 0 Å². The number of rotatable bonds is 3. The van der Waals surface area contributed by atoms with E-state index in [1.54, 1.807) is 0 Å². The third-order valence-electron chi connectivity index (χ3n) is 5.54. The van der Waals surface area contributed by atoms with Gasteiger partial charge in [0.15, 0.2) is 0 Å². The second kappa shape index (κ2) is 7.00. The molecule has 0 unspecified atom stereocenters. The lowest BCUT2D eigenvalue weighted by Crippen LogP contribution is -2.52. The summed E-state index contributed by atoms with van der Waals surface area (Å²) in [5, 5.41) is 0. The summed E-state index contributed by atoms with van der Waals surface area (Å²) in [7, 11) is 0. The maximum absolute atomic E-state index is 13.4. The Kier molecular flexibility index (Phi) is 5.00. The highest BCUT2D eigenvalue weighted by Crippen LogP contribution is 2.39. The van der Waals surface area contributed by atoms with Crippen molar-refractivity contribution in [3.63, 3.8) is 0 Å². The topological polar surface area (TPSA) is 29.5 Å². The summed E-state index contributed by atoms with van der Waals surface area (Å²) in [6, 6.07) is 8.20. The van der Waals surface area contributed by atoms with Crippen LogP contribution in [0.1, 0.15) is 36.8 Å². The number of likely N-dealkylation sites (tertiary alicyclic amines) is 1. The van der Waals surface area contributed by atoms with Crippen LogP contribution < -0.4 is 0 Å². The summed E-state index contributed by atoms with van der Waals surface area (Å²) in [6.07, 6.45) is 3.03. The van der Waals surface area contributed by atoms with Crippen molar-refractivity contribution in [1.82, 2.24) is 4.90 Å². The van der Waals surface area contributed by atoms with E-state index in [2.05, 4.69) is 19.1 Å². The molecule has 2 aliphatic heterocycles. The Morgan fingerprint density at radius 3 is 2.52 bits per heavy atom. The SMILES string of the molecule is Cc1ccccc1C1(C(=O)N2CCC(CF)CC2)CCOCC1. The van der Waals surface area contributed by atoms with Crippen molar-refractivity contribution >= 4 is 5.91 Å². The van der Waals surface area contributed by atoms with E-state index in [4.69, 9.17) is 4.74 Å². The van der Waals surface area contributed by atoms with Gasteiger partial charge in [0.05, 0.1) is 12.1 Å². The molecule has 0 aromatic heterocycles. The number of alkyl halides is 1. The van der Waals surface area contributed by atoms with Crippen LogP contribution in [-0.4, -0.2) is 43.8 Å². The first kappa shape index (κ1) is 16.4. The Morgan fingerprint density at radius 2 is 1.91 bits per heavy atom. The third kappa shape index (κ3) is 3.14. The van der Waals surface area contributed by atoms with E-state index in [0.29, 0.717) is 26.3 Å². The Labute approximate surface area is 137 Å². The van der Waals surface area contributed by atoms with Gasteiger partial charge in [-0.1, -0.05) is 24.3 Å². The second-order valence-electron chi connectivity index (χ2n) is 6.90. The number of amides is 1. The summed E-state index contributed by atoms with van der Waals surface area (Å²) in [5.41, 5.74) is 1.84. The zero-order valence-electron chi connectivity index (χ0n) is 13.9. The quantitative estimate of drug-likeness (QED) is 0.856. The van der Waals surface area contributed by atoms with Crippen LogP contribution in [-0.2, 0) is 14.9 Å². The molecule has 0 bridgehead atoms. The average Bonchev–Trinajstić information content (AvgIpc) is 2.62. The predicted molar refractivity (Wildman–Crippen MR) is 88.2 cm³/mol. The molecule has 4 heteroatoms. The van der Waals surface area contributed by atoms with Gasteiger partial charge in [-0.25, -0.2) is 0 Å². The number of hydrogen-bond donors (Lipinski definition) is 0. The number of ether oxygens (including phenoxy) is 1. The number of carbonyl (C=O) groups excluding carboxylic acids is 1. The van der Waals surface area contributed by atoms with E-state index >= 15 is 0 Å². The van der Waals surface area contributed by atoms with Gasteiger partial charge in [0.1, 0.15) is 0 Å². The number of aryl methyl sites for hydroxylation is 1. The van der Waals surface area contributed by atoms with E-state index in [-0.39, 0.29) is 18.5 Å². The highest BCUT2D eigenvalue weighted by atomic mass is 19.1. The molecule has 1 aromatic carbocycles. The van der Waals surface area contributed by atoms with Crippen molar-refractivity contribution in [2.75, 3.05) is 33.0 Å². The van der Waals surface area contributed by atoms with Crippen LogP contribution in [0.5, 0.6) is 0 Å². The number of piperidine rings is 1. The Hall–Kier alpha value is -1.42. The van der Waals surface area contributed by atoms with Crippen LogP contribution in [0.4, 0.5) is 4.39 Å². The third-order valence-corrected chi connectivity index (χ3v) is 5.54. The number of hydrogen-bond acceptors (Lipinski definition) is 2.